The maximum absolute atomic E-state index is 12.5. The van der Waals surface area contributed by atoms with Crippen molar-refractivity contribution in [1.82, 2.24) is 0 Å². The molecule has 0 fully saturated rings. The molecule has 1 aliphatic carbocycles. The Hall–Kier alpha value is -2.36. The van der Waals surface area contributed by atoms with Crippen molar-refractivity contribution in [3.63, 3.8) is 0 Å². The highest BCUT2D eigenvalue weighted by atomic mass is 16.1. The number of hydrogen-bond donors (Lipinski definition) is 1. The molecule has 0 aliphatic heterocycles. The summed E-state index contributed by atoms with van der Waals surface area (Å²) in [7, 11) is 5.89. The van der Waals surface area contributed by atoms with Crippen molar-refractivity contribution < 1.29 is 9.59 Å². The van der Waals surface area contributed by atoms with Gasteiger partial charge in [0, 0.05) is 22.4 Å². The minimum atomic E-state index is -0.241. The molecular weight excluding hydrogens is 237 g/mol. The third-order valence-corrected chi connectivity index (χ3v) is 3.48. The molecule has 0 spiro atoms. The number of fused-ring (bicyclic) bond motifs is 2. The van der Waals surface area contributed by atoms with E-state index in [0.717, 1.165) is 0 Å². The van der Waals surface area contributed by atoms with E-state index in [1.165, 1.54) is 0 Å². The second kappa shape index (κ2) is 3.82. The van der Waals surface area contributed by atoms with Gasteiger partial charge in [-0.3, -0.25) is 9.59 Å². The molecule has 0 atom stereocenters. The molecule has 0 aromatic heterocycles. The van der Waals surface area contributed by atoms with Crippen LogP contribution in [-0.2, 0) is 0 Å². The summed E-state index contributed by atoms with van der Waals surface area (Å²) in [5.74, 6) is -0.479. The van der Waals surface area contributed by atoms with Gasteiger partial charge in [0.05, 0.1) is 5.56 Å². The van der Waals surface area contributed by atoms with E-state index in [1.54, 1.807) is 37.3 Å². The summed E-state index contributed by atoms with van der Waals surface area (Å²) in [6.07, 6.45) is 0. The molecule has 1 aliphatic rings. The van der Waals surface area contributed by atoms with E-state index < -0.39 is 0 Å². The van der Waals surface area contributed by atoms with E-state index in [2.05, 4.69) is 0 Å². The number of nitrogen functional groups attached to an aromatic ring is 1. The molecule has 0 bridgehead atoms. The first kappa shape index (κ1) is 11.7. The van der Waals surface area contributed by atoms with Crippen molar-refractivity contribution in [2.24, 2.45) is 0 Å². The largest absolute Gasteiger partial charge is 0.398 e. The molecule has 2 N–H and O–H groups in total. The van der Waals surface area contributed by atoms with Crippen molar-refractivity contribution in [2.45, 2.75) is 6.92 Å². The Balaban J connectivity index is 2.43. The normalized spacial score (nSPS) is 13.1. The zero-order valence-corrected chi connectivity index (χ0v) is 10.4. The zero-order valence-electron chi connectivity index (χ0n) is 10.4. The molecular formula is C15H10BNO2. The van der Waals surface area contributed by atoms with Crippen LogP contribution < -0.4 is 11.2 Å². The molecule has 0 saturated heterocycles. The third-order valence-electron chi connectivity index (χ3n) is 3.48. The predicted molar refractivity (Wildman–Crippen MR) is 74.3 cm³/mol. The summed E-state index contributed by atoms with van der Waals surface area (Å²) in [6.45, 7) is 1.77. The Bertz CT molecular complexity index is 750. The Morgan fingerprint density at radius 2 is 1.53 bits per heavy atom. The number of rotatable bonds is 0. The number of carbonyl (C=O) groups is 2. The number of carbonyl (C=O) groups excluding carboxylic acids is 2. The van der Waals surface area contributed by atoms with Gasteiger partial charge in [-0.1, -0.05) is 35.8 Å². The molecule has 0 saturated carbocycles. The monoisotopic (exact) mass is 247 g/mol. The quantitative estimate of drug-likeness (QED) is 0.478. The fraction of sp³-hybridized carbons (Fsp3) is 0.0667. The van der Waals surface area contributed by atoms with E-state index in [-0.39, 0.29) is 22.7 Å². The van der Waals surface area contributed by atoms with E-state index in [1.807, 2.05) is 0 Å². The number of benzene rings is 2. The molecule has 2 aromatic rings. The van der Waals surface area contributed by atoms with Gasteiger partial charge in [-0.25, -0.2) is 0 Å². The first-order valence-corrected chi connectivity index (χ1v) is 5.89. The Morgan fingerprint density at radius 1 is 1.00 bits per heavy atom. The van der Waals surface area contributed by atoms with Crippen LogP contribution in [0.4, 0.5) is 5.69 Å². The van der Waals surface area contributed by atoms with Crippen LogP contribution in [-0.4, -0.2) is 19.4 Å². The maximum Gasteiger partial charge on any atom is 0.196 e. The molecule has 3 nitrogen and oxygen atoms in total. The molecule has 90 valence electrons. The van der Waals surface area contributed by atoms with Crippen LogP contribution in [0.15, 0.2) is 30.3 Å². The molecule has 0 amide bonds. The molecule has 2 radical (unpaired) electrons. The van der Waals surface area contributed by atoms with Crippen molar-refractivity contribution in [1.29, 1.82) is 0 Å². The lowest BCUT2D eigenvalue weighted by atomic mass is 9.75. The summed E-state index contributed by atoms with van der Waals surface area (Å²) in [6, 6.07) is 8.35. The number of hydrogen-bond acceptors (Lipinski definition) is 3. The molecule has 19 heavy (non-hydrogen) atoms. The van der Waals surface area contributed by atoms with Gasteiger partial charge in [0.2, 0.25) is 0 Å². The first-order chi connectivity index (χ1) is 9.02. The predicted octanol–water partition coefficient (Wildman–Crippen LogP) is 1.15. The van der Waals surface area contributed by atoms with Gasteiger partial charge in [0.1, 0.15) is 7.85 Å². The van der Waals surface area contributed by atoms with Gasteiger partial charge < -0.3 is 5.73 Å². The second-order valence-corrected chi connectivity index (χ2v) is 4.65. The fourth-order valence-corrected chi connectivity index (χ4v) is 2.49. The SMILES string of the molecule is [B]c1cc(C)c(N)c2c1C(=O)c1ccccc1C2=O. The van der Waals surface area contributed by atoms with E-state index >= 15 is 0 Å². The maximum atomic E-state index is 12.5. The van der Waals surface area contributed by atoms with Crippen LogP contribution in [0.5, 0.6) is 0 Å². The van der Waals surface area contributed by atoms with Crippen molar-refractivity contribution in [3.05, 3.63) is 58.1 Å². The minimum Gasteiger partial charge on any atom is -0.398 e. The van der Waals surface area contributed by atoms with E-state index in [0.29, 0.717) is 27.8 Å². The molecule has 0 heterocycles. The average Bonchev–Trinajstić information content (AvgIpc) is 2.40. The summed E-state index contributed by atoms with van der Waals surface area (Å²) in [5.41, 5.74) is 8.53. The minimum absolute atomic E-state index is 0.229. The summed E-state index contributed by atoms with van der Waals surface area (Å²) in [4.78, 5) is 24.9. The van der Waals surface area contributed by atoms with Gasteiger partial charge in [0.15, 0.2) is 11.6 Å². The number of ketones is 2. The third kappa shape index (κ3) is 1.46. The van der Waals surface area contributed by atoms with Crippen LogP contribution in [0, 0.1) is 6.92 Å². The Morgan fingerprint density at radius 3 is 2.11 bits per heavy atom. The topological polar surface area (TPSA) is 60.2 Å². The standard InChI is InChI=1S/C15H10BNO2/c1-7-6-10(16)11-12(13(7)17)15(19)9-5-3-2-4-8(9)14(11)18/h2-6H,17H2,1H3. The Kier molecular flexibility index (Phi) is 2.36. The molecule has 2 aromatic carbocycles. The van der Waals surface area contributed by atoms with Crippen molar-refractivity contribution in [2.75, 3.05) is 5.73 Å². The number of aryl methyl sites for hydroxylation is 1. The van der Waals surface area contributed by atoms with Gasteiger partial charge in [0.25, 0.3) is 0 Å². The molecule has 0 unspecified atom stereocenters. The highest BCUT2D eigenvalue weighted by Gasteiger charge is 2.32. The summed E-state index contributed by atoms with van der Waals surface area (Å²) in [5, 5.41) is 0. The smallest absolute Gasteiger partial charge is 0.196 e. The van der Waals surface area contributed by atoms with Crippen LogP contribution in [0.1, 0.15) is 37.4 Å². The van der Waals surface area contributed by atoms with Gasteiger partial charge in [-0.15, -0.1) is 0 Å². The first-order valence-electron chi connectivity index (χ1n) is 5.89. The lowest BCUT2D eigenvalue weighted by Crippen LogP contribution is -2.30. The Labute approximate surface area is 111 Å². The lowest BCUT2D eigenvalue weighted by Gasteiger charge is -2.22. The fourth-order valence-electron chi connectivity index (χ4n) is 2.49. The zero-order chi connectivity index (χ0) is 13.7. The van der Waals surface area contributed by atoms with E-state index in [9.17, 15) is 9.59 Å². The highest BCUT2D eigenvalue weighted by molar-refractivity contribution is 6.42. The van der Waals surface area contributed by atoms with Gasteiger partial charge >= 0.3 is 0 Å². The summed E-state index contributed by atoms with van der Waals surface area (Å²) >= 11 is 0. The molecule has 4 heteroatoms. The van der Waals surface area contributed by atoms with E-state index in [4.69, 9.17) is 13.6 Å². The summed E-state index contributed by atoms with van der Waals surface area (Å²) < 4.78 is 0. The molecule has 3 rings (SSSR count). The van der Waals surface area contributed by atoms with Crippen molar-refractivity contribution >= 4 is 30.6 Å². The highest BCUT2D eigenvalue weighted by Crippen LogP contribution is 2.30. The second-order valence-electron chi connectivity index (χ2n) is 4.65. The van der Waals surface area contributed by atoms with Crippen molar-refractivity contribution in [3.8, 4) is 0 Å². The van der Waals surface area contributed by atoms with Crippen LogP contribution in [0.3, 0.4) is 0 Å². The van der Waals surface area contributed by atoms with Crippen LogP contribution in [0.2, 0.25) is 0 Å². The number of anilines is 1. The average molecular weight is 247 g/mol. The lowest BCUT2D eigenvalue weighted by molar-refractivity contribution is 0.0980. The van der Waals surface area contributed by atoms with Crippen LogP contribution >= 0.6 is 0 Å². The van der Waals surface area contributed by atoms with Crippen LogP contribution in [0.25, 0.3) is 0 Å². The number of nitrogens with two attached hydrogens (primary N) is 1. The van der Waals surface area contributed by atoms with Gasteiger partial charge in [-0.05, 0) is 12.5 Å². The van der Waals surface area contributed by atoms with Gasteiger partial charge in [-0.2, -0.15) is 0 Å².